The lowest BCUT2D eigenvalue weighted by atomic mass is 9.69. The molecule has 3 aromatic carbocycles. The molecule has 10 rings (SSSR count). The van der Waals surface area contributed by atoms with E-state index in [0.717, 1.165) is 28.0 Å². The van der Waals surface area contributed by atoms with Crippen molar-refractivity contribution >= 4 is 35.5 Å². The van der Waals surface area contributed by atoms with Crippen molar-refractivity contribution in [2.75, 3.05) is 5.32 Å². The fourth-order valence-electron chi connectivity index (χ4n) is 8.78. The molecule has 0 spiro atoms. The van der Waals surface area contributed by atoms with Crippen LogP contribution in [0.2, 0.25) is 0 Å². The molecule has 264 valence electrons. The van der Waals surface area contributed by atoms with Crippen LogP contribution in [0.4, 0.5) is 5.69 Å². The second-order valence-corrected chi connectivity index (χ2v) is 14.4. The molecule has 54 heavy (non-hydrogen) atoms. The number of fused-ring (bicyclic) bond motifs is 5. The van der Waals surface area contributed by atoms with Crippen LogP contribution in [0.5, 0.6) is 5.75 Å². The van der Waals surface area contributed by atoms with Crippen LogP contribution in [0.3, 0.4) is 0 Å². The Morgan fingerprint density at radius 1 is 0.667 bits per heavy atom. The number of carbonyl (C=O) groups excluding carboxylic acids is 4. The van der Waals surface area contributed by atoms with Crippen LogP contribution in [0, 0.1) is 18.4 Å². The Morgan fingerprint density at radius 2 is 1.44 bits per heavy atom. The average Bonchev–Trinajstić information content (AvgIpc) is 3.20. The molecule has 7 atom stereocenters. The summed E-state index contributed by atoms with van der Waals surface area (Å²) in [4.78, 5) is 56.3. The van der Waals surface area contributed by atoms with E-state index >= 15 is 0 Å². The molecule has 9 nitrogen and oxygen atoms in total. The summed E-state index contributed by atoms with van der Waals surface area (Å²) in [6, 6.07) is 15.5. The fourth-order valence-corrected chi connectivity index (χ4v) is 8.78. The maximum Gasteiger partial charge on any atom is 0.339 e. The molecular weight excluding hydrogens is 679 g/mol. The third kappa shape index (κ3) is 5.22. The molecule has 3 aromatic rings. The number of esters is 2. The Labute approximate surface area is 311 Å². The fraction of sp³-hybridized carbons (Fsp3) is 0.178. The Hall–Kier alpha value is -6.48. The molecule has 0 bridgehead atoms. The average molecular weight is 712 g/mol. The SMILES string of the molecule is O=C1O[C]C(C2Cc3ccccc3OC2=O)c2c1cc(C1C=Cc3ccccc3N1)c(C1C=C3C=CC=CC3NC1=O)c2C1C=C2C=CC=CC2C(=O)N1. The number of anilines is 1. The molecule has 9 heteroatoms. The minimum atomic E-state index is -0.878. The first kappa shape index (κ1) is 32.2. The molecule has 7 unspecified atom stereocenters. The second-order valence-electron chi connectivity index (χ2n) is 14.4. The summed E-state index contributed by atoms with van der Waals surface area (Å²) in [7, 11) is 0. The summed E-state index contributed by atoms with van der Waals surface area (Å²) >= 11 is 0. The maximum atomic E-state index is 14.5. The number of hydrogen-bond acceptors (Lipinski definition) is 7. The zero-order chi connectivity index (χ0) is 36.5. The number of ether oxygens (including phenoxy) is 2. The van der Waals surface area contributed by atoms with E-state index in [-0.39, 0.29) is 23.4 Å². The zero-order valence-electron chi connectivity index (χ0n) is 28.8. The highest BCUT2D eigenvalue weighted by Crippen LogP contribution is 2.50. The summed E-state index contributed by atoms with van der Waals surface area (Å²) < 4.78 is 11.5. The van der Waals surface area contributed by atoms with Gasteiger partial charge in [0.25, 0.3) is 0 Å². The van der Waals surface area contributed by atoms with Gasteiger partial charge < -0.3 is 25.4 Å². The summed E-state index contributed by atoms with van der Waals surface area (Å²) in [5.74, 6) is -4.08. The minimum Gasteiger partial charge on any atom is -0.446 e. The largest absolute Gasteiger partial charge is 0.446 e. The first-order chi connectivity index (χ1) is 26.4. The van der Waals surface area contributed by atoms with Gasteiger partial charge in [-0.05, 0) is 69.1 Å². The Kier molecular flexibility index (Phi) is 7.50. The normalized spacial score (nSPS) is 28.4. The lowest BCUT2D eigenvalue weighted by Gasteiger charge is -2.40. The van der Waals surface area contributed by atoms with Crippen molar-refractivity contribution < 1.29 is 28.7 Å². The quantitative estimate of drug-likeness (QED) is 0.211. The molecule has 5 heterocycles. The third-order valence-corrected chi connectivity index (χ3v) is 11.3. The number of allylic oxidation sites excluding steroid dienone is 5. The molecule has 5 aliphatic heterocycles. The van der Waals surface area contributed by atoms with E-state index in [2.05, 4.69) is 22.6 Å². The number of para-hydroxylation sites is 2. The van der Waals surface area contributed by atoms with Crippen molar-refractivity contribution in [1.82, 2.24) is 10.6 Å². The Balaban J connectivity index is 1.25. The molecule has 0 aromatic heterocycles. The van der Waals surface area contributed by atoms with Gasteiger partial charge in [-0.25, -0.2) is 4.79 Å². The van der Waals surface area contributed by atoms with E-state index in [1.165, 1.54) is 0 Å². The summed E-state index contributed by atoms with van der Waals surface area (Å²) in [5, 5.41) is 10.1. The minimum absolute atomic E-state index is 0.214. The molecular formula is C45H33N3O6. The van der Waals surface area contributed by atoms with Crippen molar-refractivity contribution in [3.63, 3.8) is 0 Å². The molecule has 0 saturated carbocycles. The zero-order valence-corrected chi connectivity index (χ0v) is 28.8. The summed E-state index contributed by atoms with van der Waals surface area (Å²) in [5.41, 5.74) is 7.02. The highest BCUT2D eigenvalue weighted by molar-refractivity contribution is 5.97. The van der Waals surface area contributed by atoms with Crippen molar-refractivity contribution in [3.8, 4) is 5.75 Å². The second kappa shape index (κ2) is 12.6. The van der Waals surface area contributed by atoms with Gasteiger partial charge in [-0.15, -0.1) is 0 Å². The molecule has 0 fully saturated rings. The first-order valence-electron chi connectivity index (χ1n) is 18.2. The summed E-state index contributed by atoms with van der Waals surface area (Å²) in [6.07, 6.45) is 23.6. The van der Waals surface area contributed by atoms with Crippen molar-refractivity contribution in [3.05, 3.63) is 178 Å². The van der Waals surface area contributed by atoms with Gasteiger partial charge in [-0.3, -0.25) is 14.4 Å². The van der Waals surface area contributed by atoms with Gasteiger partial charge in [0.15, 0.2) is 0 Å². The maximum absolute atomic E-state index is 14.5. The van der Waals surface area contributed by atoms with Crippen LogP contribution in [-0.2, 0) is 25.5 Å². The number of carbonyl (C=O) groups is 4. The molecule has 2 amide bonds. The molecule has 2 aliphatic carbocycles. The van der Waals surface area contributed by atoms with Crippen LogP contribution in [-0.4, -0.2) is 29.8 Å². The van der Waals surface area contributed by atoms with Gasteiger partial charge in [-0.2, -0.15) is 0 Å². The van der Waals surface area contributed by atoms with Crippen LogP contribution < -0.4 is 20.7 Å². The highest BCUT2D eigenvalue weighted by atomic mass is 16.5. The van der Waals surface area contributed by atoms with Crippen LogP contribution in [0.1, 0.15) is 67.7 Å². The lowest BCUT2D eigenvalue weighted by molar-refractivity contribution is -0.141. The number of hydrogen-bond donors (Lipinski definition) is 3. The van der Waals surface area contributed by atoms with Gasteiger partial charge >= 0.3 is 11.9 Å². The third-order valence-electron chi connectivity index (χ3n) is 11.3. The number of nitrogens with one attached hydrogen (secondary N) is 3. The molecule has 3 N–H and O–H groups in total. The highest BCUT2D eigenvalue weighted by Gasteiger charge is 2.47. The van der Waals surface area contributed by atoms with Gasteiger partial charge in [-0.1, -0.05) is 109 Å². The van der Waals surface area contributed by atoms with Crippen molar-refractivity contribution in [2.45, 2.75) is 36.4 Å². The smallest absolute Gasteiger partial charge is 0.339 e. The van der Waals surface area contributed by atoms with E-state index in [0.29, 0.717) is 34.4 Å². The topological polar surface area (TPSA) is 123 Å². The predicted octanol–water partition coefficient (Wildman–Crippen LogP) is 6.41. The van der Waals surface area contributed by atoms with Crippen molar-refractivity contribution in [1.29, 1.82) is 0 Å². The molecule has 7 aliphatic rings. The number of amides is 2. The van der Waals surface area contributed by atoms with Gasteiger partial charge in [0, 0.05) is 11.6 Å². The molecule has 0 saturated heterocycles. The van der Waals surface area contributed by atoms with E-state index in [1.807, 2.05) is 115 Å². The van der Waals surface area contributed by atoms with Gasteiger partial charge in [0.05, 0.1) is 41.4 Å². The van der Waals surface area contributed by atoms with Crippen LogP contribution in [0.25, 0.3) is 6.08 Å². The standard InChI is InChI=1S/C45H33N3O6/c49-42-28-13-5-1-10-25(28)21-37(48-42)41-39(31-19-26-11-3-7-15-35(26)47-43(31)50)30(36-18-17-24-9-2-6-14-34(24)46-36)22-32-40(41)33(23-53-44(32)51)29-20-27-12-4-8-16-38(27)54-45(29)52/h1-19,21-22,28-29,31,33,35-37,46H,20H2,(H,47,50)(H,48,49). The lowest BCUT2D eigenvalue weighted by Crippen LogP contribution is -2.44. The number of rotatable bonds is 4. The van der Waals surface area contributed by atoms with E-state index in [1.54, 1.807) is 12.1 Å². The Bertz CT molecular complexity index is 2410. The molecule has 2 radical (unpaired) electrons. The number of benzene rings is 3. The summed E-state index contributed by atoms with van der Waals surface area (Å²) in [6.45, 7) is 2.93. The van der Waals surface area contributed by atoms with Crippen LogP contribution >= 0.6 is 0 Å². The van der Waals surface area contributed by atoms with Gasteiger partial charge in [0.1, 0.15) is 5.75 Å². The van der Waals surface area contributed by atoms with Crippen molar-refractivity contribution in [2.24, 2.45) is 11.8 Å². The monoisotopic (exact) mass is 711 g/mol. The Morgan fingerprint density at radius 3 is 2.35 bits per heavy atom. The number of cyclic esters (lactones) is 1. The van der Waals surface area contributed by atoms with Gasteiger partial charge in [0.2, 0.25) is 18.4 Å². The first-order valence-corrected chi connectivity index (χ1v) is 18.2. The van der Waals surface area contributed by atoms with E-state index < -0.39 is 47.7 Å². The predicted molar refractivity (Wildman–Crippen MR) is 201 cm³/mol. The van der Waals surface area contributed by atoms with E-state index in [9.17, 15) is 19.2 Å². The van der Waals surface area contributed by atoms with Crippen LogP contribution in [0.15, 0.2) is 133 Å². The van der Waals surface area contributed by atoms with E-state index in [4.69, 9.17) is 9.47 Å².